The van der Waals surface area contributed by atoms with E-state index in [0.717, 1.165) is 6.42 Å². The van der Waals surface area contributed by atoms with Gasteiger partial charge >= 0.3 is 12.1 Å². The van der Waals surface area contributed by atoms with Gasteiger partial charge in [-0.15, -0.1) is 0 Å². The molecule has 24 N–H and O–H groups in total. The topological polar surface area (TPSA) is 468 Å². The molecule has 1 saturated heterocycles. The number of nitrogens with two attached hydrogens (primary N) is 7. The van der Waals surface area contributed by atoms with E-state index in [1.165, 1.54) is 0 Å². The van der Waals surface area contributed by atoms with E-state index in [1.54, 1.807) is 0 Å². The highest BCUT2D eigenvalue weighted by molar-refractivity contribution is 5.89. The third kappa shape index (κ3) is 20.7. The number of nitrogens with one attached hydrogen (secondary N) is 6. The number of ether oxygens (including phenoxy) is 2. The molecule has 0 aliphatic carbocycles. The number of rotatable bonds is 30. The number of aliphatic imine (C=N–C) groups is 1. The van der Waals surface area contributed by atoms with E-state index in [-0.39, 0.29) is 74.5 Å². The lowest BCUT2D eigenvalue weighted by Gasteiger charge is -2.44. The van der Waals surface area contributed by atoms with Crippen molar-refractivity contribution in [1.82, 2.24) is 31.9 Å². The molecule has 0 bridgehead atoms. The average molecular weight is 905 g/mol. The maximum absolute atomic E-state index is 13.2. The number of carbonyl (C=O) groups excluding carboxylic acids is 5. The van der Waals surface area contributed by atoms with Gasteiger partial charge in [0.1, 0.15) is 18.2 Å². The summed E-state index contributed by atoms with van der Waals surface area (Å²) in [6.45, 7) is 0.530. The first kappa shape index (κ1) is 54.6. The first-order valence-corrected chi connectivity index (χ1v) is 21.3. The molecule has 0 spiro atoms. The zero-order valence-corrected chi connectivity index (χ0v) is 35.7. The molecule has 2 rings (SSSR count). The molecular formula is C37H72N14O12. The van der Waals surface area contributed by atoms with E-state index in [9.17, 15) is 49.2 Å². The number of carboxylic acids is 1. The standard InChI is InChI=1S/C37H72N14O12/c38-9-1-5-19(40)13-25(54)45-10-2-6-20(41)14-26(55)46-11-3-7-21(42)15-27(56)47-12-4-8-22(43)16-28(57)48-31-32(58)33(63-36(44)61)24(18-52)62-34(31)51-37-49-29(23(53)17-39)30(50-37)35(59)60/h19-24,29-34,52-53,58H,1-18,38-43H2,(H2,44,61)(H,45,54)(H,46,55)(H,47,56)(H,48,57)(H,59,60)(H2,49,50,51)/t19?,20?,21?,22?,23-,24-,29-,30+,31-,32+,33+,34-/m1/s1. The Morgan fingerprint density at radius 2 is 1.22 bits per heavy atom. The Morgan fingerprint density at radius 1 is 0.762 bits per heavy atom. The summed E-state index contributed by atoms with van der Waals surface area (Å²) >= 11 is 0. The largest absolute Gasteiger partial charge is 0.480 e. The molecule has 4 unspecified atom stereocenters. The fourth-order valence-electron chi connectivity index (χ4n) is 7.01. The van der Waals surface area contributed by atoms with E-state index in [2.05, 4.69) is 36.9 Å². The van der Waals surface area contributed by atoms with Crippen molar-refractivity contribution in [2.75, 3.05) is 39.3 Å². The van der Waals surface area contributed by atoms with E-state index in [1.807, 2.05) is 0 Å². The highest BCUT2D eigenvalue weighted by atomic mass is 16.6. The van der Waals surface area contributed by atoms with E-state index >= 15 is 0 Å². The number of primary amides is 1. The molecule has 26 nitrogen and oxygen atoms in total. The minimum atomic E-state index is -1.71. The van der Waals surface area contributed by atoms with Crippen LogP contribution in [0.3, 0.4) is 0 Å². The number of aliphatic hydroxyl groups excluding tert-OH is 3. The van der Waals surface area contributed by atoms with Crippen LogP contribution in [-0.2, 0) is 33.4 Å². The van der Waals surface area contributed by atoms with E-state index < -0.39 is 85.4 Å². The number of hydrogen-bond donors (Lipinski definition) is 17. The lowest BCUT2D eigenvalue weighted by Crippen LogP contribution is -2.69. The summed E-state index contributed by atoms with van der Waals surface area (Å²) in [5, 5.41) is 57.3. The van der Waals surface area contributed by atoms with Crippen molar-refractivity contribution in [2.45, 2.75) is 150 Å². The maximum Gasteiger partial charge on any atom is 0.404 e. The molecule has 26 heteroatoms. The Kier molecular flexibility index (Phi) is 25.2. The molecule has 2 aliphatic heterocycles. The Morgan fingerprint density at radius 3 is 1.63 bits per heavy atom. The monoisotopic (exact) mass is 905 g/mol. The molecule has 0 aromatic heterocycles. The van der Waals surface area contributed by atoms with Crippen molar-refractivity contribution in [3.8, 4) is 0 Å². The summed E-state index contributed by atoms with van der Waals surface area (Å²) in [6, 6.07) is -5.73. The Balaban J connectivity index is 1.72. The third-order valence-corrected chi connectivity index (χ3v) is 10.4. The second-order valence-electron chi connectivity index (χ2n) is 15.9. The normalized spacial score (nSPS) is 24.3. The van der Waals surface area contributed by atoms with E-state index in [4.69, 9.17) is 49.6 Å². The van der Waals surface area contributed by atoms with Gasteiger partial charge in [0.05, 0.1) is 18.8 Å². The van der Waals surface area contributed by atoms with Gasteiger partial charge < -0.3 is 102 Å². The van der Waals surface area contributed by atoms with Gasteiger partial charge in [-0.1, -0.05) is 0 Å². The van der Waals surface area contributed by atoms with Crippen LogP contribution in [0.15, 0.2) is 4.99 Å². The molecule has 63 heavy (non-hydrogen) atoms. The predicted octanol–water partition coefficient (Wildman–Crippen LogP) is -7.00. The highest BCUT2D eigenvalue weighted by Gasteiger charge is 2.49. The first-order valence-electron chi connectivity index (χ1n) is 21.3. The lowest BCUT2D eigenvalue weighted by atomic mass is 9.95. The van der Waals surface area contributed by atoms with Gasteiger partial charge in [0.2, 0.25) is 23.6 Å². The molecular weight excluding hydrogens is 832 g/mol. The second kappa shape index (κ2) is 29.0. The van der Waals surface area contributed by atoms with Crippen LogP contribution in [0.4, 0.5) is 4.79 Å². The number of aliphatic hydroxyl groups is 3. The van der Waals surface area contributed by atoms with Crippen molar-refractivity contribution in [2.24, 2.45) is 45.1 Å². The van der Waals surface area contributed by atoms with Gasteiger partial charge in [0.25, 0.3) is 0 Å². The molecule has 2 aliphatic rings. The average Bonchev–Trinajstić information content (AvgIpc) is 3.65. The van der Waals surface area contributed by atoms with Crippen molar-refractivity contribution < 1.29 is 58.7 Å². The summed E-state index contributed by atoms with van der Waals surface area (Å²) in [5.41, 5.74) is 40.4. The van der Waals surface area contributed by atoms with Gasteiger partial charge in [-0.05, 0) is 57.9 Å². The minimum Gasteiger partial charge on any atom is -0.480 e. The van der Waals surface area contributed by atoms with Gasteiger partial charge in [0, 0.05) is 76.0 Å². The summed E-state index contributed by atoms with van der Waals surface area (Å²) in [5.74, 6) is -2.84. The van der Waals surface area contributed by atoms with Crippen molar-refractivity contribution in [1.29, 1.82) is 0 Å². The van der Waals surface area contributed by atoms with Crippen LogP contribution in [-0.4, -0.2) is 174 Å². The Labute approximate surface area is 366 Å². The maximum atomic E-state index is 13.2. The Bertz CT molecular complexity index is 1480. The fraction of sp³-hybridized carbons (Fsp3) is 0.811. The van der Waals surface area contributed by atoms with Crippen LogP contribution < -0.4 is 72.0 Å². The molecule has 0 aromatic rings. The molecule has 0 saturated carbocycles. The van der Waals surface area contributed by atoms with Crippen LogP contribution in [0.2, 0.25) is 0 Å². The number of carbonyl (C=O) groups is 6. The zero-order valence-electron chi connectivity index (χ0n) is 35.7. The molecule has 362 valence electrons. The first-order chi connectivity index (χ1) is 29.9. The summed E-state index contributed by atoms with van der Waals surface area (Å²) < 4.78 is 10.8. The second-order valence-corrected chi connectivity index (χ2v) is 15.9. The van der Waals surface area contributed by atoms with Crippen LogP contribution in [0, 0.1) is 0 Å². The van der Waals surface area contributed by atoms with Crippen LogP contribution in [0.5, 0.6) is 0 Å². The van der Waals surface area contributed by atoms with Crippen LogP contribution in [0.1, 0.15) is 77.0 Å². The molecule has 0 radical (unpaired) electrons. The Hall–Kier alpha value is -4.51. The fourth-order valence-corrected chi connectivity index (χ4v) is 7.01. The number of amides is 5. The summed E-state index contributed by atoms with van der Waals surface area (Å²) in [6.07, 6.45) is -4.04. The number of nitrogens with zero attached hydrogens (tertiary/aromatic N) is 1. The van der Waals surface area contributed by atoms with Gasteiger partial charge in [0.15, 0.2) is 24.3 Å². The van der Waals surface area contributed by atoms with Gasteiger partial charge in [-0.25, -0.2) is 14.6 Å². The number of guanidine groups is 1. The zero-order chi connectivity index (χ0) is 47.1. The van der Waals surface area contributed by atoms with Crippen molar-refractivity contribution in [3.05, 3.63) is 0 Å². The predicted molar refractivity (Wildman–Crippen MR) is 228 cm³/mol. The molecule has 5 amide bonds. The smallest absolute Gasteiger partial charge is 0.404 e. The summed E-state index contributed by atoms with van der Waals surface area (Å²) in [4.78, 5) is 77.3. The summed E-state index contributed by atoms with van der Waals surface area (Å²) in [7, 11) is 0. The highest BCUT2D eigenvalue weighted by Crippen LogP contribution is 2.24. The number of hydrogen-bond acceptors (Lipinski definition) is 20. The molecule has 12 atom stereocenters. The van der Waals surface area contributed by atoms with Crippen LogP contribution in [0.25, 0.3) is 0 Å². The third-order valence-electron chi connectivity index (χ3n) is 10.4. The number of carboxylic acid groups (broad SMARTS) is 1. The molecule has 2 heterocycles. The molecule has 1 fully saturated rings. The quantitative estimate of drug-likeness (QED) is 0.0298. The van der Waals surface area contributed by atoms with Crippen molar-refractivity contribution in [3.63, 3.8) is 0 Å². The number of aliphatic carboxylic acids is 1. The van der Waals surface area contributed by atoms with Crippen LogP contribution >= 0.6 is 0 Å². The lowest BCUT2D eigenvalue weighted by molar-refractivity contribution is -0.198. The van der Waals surface area contributed by atoms with Crippen molar-refractivity contribution >= 4 is 41.7 Å². The van der Waals surface area contributed by atoms with Gasteiger partial charge in [-0.2, -0.15) is 0 Å². The van der Waals surface area contributed by atoms with Gasteiger partial charge in [-0.3, -0.25) is 19.2 Å². The minimum absolute atomic E-state index is 0.0508. The van der Waals surface area contributed by atoms with E-state index in [0.29, 0.717) is 64.6 Å². The SMILES string of the molecule is NCCCC(N)CC(=O)NCCCC(N)CC(=O)NCCCC(N)CC(=O)NCCCC(N)CC(=O)N[C@@H]1[C@H](O)[C@@H](OC(N)=O)[C@@H](CO)O[C@H]1NC1=N[C@H](C(=O)O)[C@@H]([C@H](O)CN)N1. The molecule has 0 aromatic carbocycles.